The molecule has 1 fully saturated rings. The number of amides is 2. The Bertz CT molecular complexity index is 1140. The van der Waals surface area contributed by atoms with Crippen molar-refractivity contribution in [3.63, 3.8) is 0 Å². The topological polar surface area (TPSA) is 86.8 Å². The Kier molecular flexibility index (Phi) is 7.07. The Morgan fingerprint density at radius 2 is 1.76 bits per heavy atom. The van der Waals surface area contributed by atoms with Gasteiger partial charge in [-0.05, 0) is 66.6 Å². The molecule has 2 amide bonds. The molecular formula is C24H28ClN3O4S. The highest BCUT2D eigenvalue weighted by Gasteiger charge is 2.32. The molecule has 176 valence electrons. The molecule has 1 saturated heterocycles. The van der Waals surface area contributed by atoms with Gasteiger partial charge in [0, 0.05) is 50.2 Å². The summed E-state index contributed by atoms with van der Waals surface area (Å²) >= 11 is 5.88. The fourth-order valence-electron chi connectivity index (χ4n) is 4.51. The van der Waals surface area contributed by atoms with Crippen LogP contribution in [0.15, 0.2) is 47.4 Å². The quantitative estimate of drug-likeness (QED) is 0.674. The number of anilines is 1. The van der Waals surface area contributed by atoms with E-state index in [1.807, 2.05) is 12.1 Å². The molecule has 0 saturated carbocycles. The zero-order valence-corrected chi connectivity index (χ0v) is 20.2. The molecule has 7 nitrogen and oxygen atoms in total. The molecule has 9 heteroatoms. The van der Waals surface area contributed by atoms with Crippen LogP contribution in [0.25, 0.3) is 0 Å². The van der Waals surface area contributed by atoms with Crippen LogP contribution in [0.5, 0.6) is 0 Å². The molecule has 0 spiro atoms. The number of sulfonamides is 1. The van der Waals surface area contributed by atoms with E-state index in [1.54, 1.807) is 35.2 Å². The van der Waals surface area contributed by atoms with E-state index in [4.69, 9.17) is 11.6 Å². The van der Waals surface area contributed by atoms with E-state index in [1.165, 1.54) is 11.2 Å². The maximum atomic E-state index is 13.2. The maximum absolute atomic E-state index is 13.2. The fourth-order valence-corrected chi connectivity index (χ4v) is 6.15. The first kappa shape index (κ1) is 23.7. The summed E-state index contributed by atoms with van der Waals surface area (Å²) in [6.45, 7) is 3.34. The third-order valence-corrected chi connectivity index (χ3v) is 8.56. The predicted molar refractivity (Wildman–Crippen MR) is 128 cm³/mol. The third-order valence-electron chi connectivity index (χ3n) is 6.41. The number of carbonyl (C=O) groups is 2. The molecule has 0 unspecified atom stereocenters. The van der Waals surface area contributed by atoms with Crippen molar-refractivity contribution >= 4 is 39.1 Å². The third kappa shape index (κ3) is 5.39. The zero-order valence-electron chi connectivity index (χ0n) is 18.6. The molecule has 2 aromatic rings. The smallest absolute Gasteiger partial charge is 0.243 e. The first-order chi connectivity index (χ1) is 15.7. The Balaban J connectivity index is 1.30. The second-order valence-electron chi connectivity index (χ2n) is 8.67. The molecule has 0 atom stereocenters. The number of hydrogen-bond donors (Lipinski definition) is 1. The molecule has 0 aromatic heterocycles. The van der Waals surface area contributed by atoms with Crippen LogP contribution in [0.1, 0.15) is 37.3 Å². The second kappa shape index (κ2) is 9.83. The van der Waals surface area contributed by atoms with E-state index in [-0.39, 0.29) is 22.6 Å². The van der Waals surface area contributed by atoms with Crippen molar-refractivity contribution < 1.29 is 18.0 Å². The SMILES string of the molecule is CC(=O)N1CCc2cc(S(=O)(=O)N3CCC(CC(=O)NCc4ccc(Cl)cc4)CC3)ccc21. The van der Waals surface area contributed by atoms with Crippen molar-refractivity contribution in [3.05, 3.63) is 58.6 Å². The van der Waals surface area contributed by atoms with Gasteiger partial charge >= 0.3 is 0 Å². The summed E-state index contributed by atoms with van der Waals surface area (Å²) < 4.78 is 27.9. The first-order valence-corrected chi connectivity index (χ1v) is 13.0. The lowest BCUT2D eigenvalue weighted by Crippen LogP contribution is -2.39. The standard InChI is InChI=1S/C24H28ClN3O4S/c1-17(29)28-13-10-20-15-22(6-7-23(20)28)33(31,32)27-11-8-18(9-12-27)14-24(30)26-16-19-2-4-21(25)5-3-19/h2-7,15,18H,8-14,16H2,1H3,(H,26,30). The van der Waals surface area contributed by atoms with Gasteiger partial charge in [-0.1, -0.05) is 23.7 Å². The molecule has 0 radical (unpaired) electrons. The van der Waals surface area contributed by atoms with E-state index in [0.717, 1.165) is 16.8 Å². The van der Waals surface area contributed by atoms with Crippen molar-refractivity contribution in [3.8, 4) is 0 Å². The van der Waals surface area contributed by atoms with Crippen LogP contribution in [0, 0.1) is 5.92 Å². The van der Waals surface area contributed by atoms with Crippen molar-refractivity contribution in [2.75, 3.05) is 24.5 Å². The van der Waals surface area contributed by atoms with Gasteiger partial charge in [-0.2, -0.15) is 4.31 Å². The number of halogens is 1. The van der Waals surface area contributed by atoms with Crippen LogP contribution >= 0.6 is 11.6 Å². The number of nitrogens with zero attached hydrogens (tertiary/aromatic N) is 2. The lowest BCUT2D eigenvalue weighted by molar-refractivity contribution is -0.122. The minimum Gasteiger partial charge on any atom is -0.352 e. The molecule has 33 heavy (non-hydrogen) atoms. The van der Waals surface area contributed by atoms with Gasteiger partial charge in [0.1, 0.15) is 0 Å². The summed E-state index contributed by atoms with van der Waals surface area (Å²) in [6.07, 6.45) is 2.35. The number of piperidine rings is 1. The van der Waals surface area contributed by atoms with Gasteiger partial charge in [-0.15, -0.1) is 0 Å². The van der Waals surface area contributed by atoms with Gasteiger partial charge < -0.3 is 10.2 Å². The highest BCUT2D eigenvalue weighted by atomic mass is 35.5. The van der Waals surface area contributed by atoms with Gasteiger partial charge in [0.25, 0.3) is 0 Å². The molecule has 0 bridgehead atoms. The molecule has 2 heterocycles. The van der Waals surface area contributed by atoms with E-state index >= 15 is 0 Å². The molecule has 0 aliphatic carbocycles. The average molecular weight is 490 g/mol. The molecule has 4 rings (SSSR count). The Morgan fingerprint density at radius 3 is 2.42 bits per heavy atom. The number of carbonyl (C=O) groups excluding carboxylic acids is 2. The minimum absolute atomic E-state index is 0.0279. The van der Waals surface area contributed by atoms with Gasteiger partial charge in [0.2, 0.25) is 21.8 Å². The van der Waals surface area contributed by atoms with Crippen LogP contribution in [0.4, 0.5) is 5.69 Å². The van der Waals surface area contributed by atoms with Crippen LogP contribution in [-0.4, -0.2) is 44.2 Å². The predicted octanol–water partition coefficient (Wildman–Crippen LogP) is 3.36. The van der Waals surface area contributed by atoms with Crippen molar-refractivity contribution in [2.45, 2.75) is 44.0 Å². The molecule has 2 aliphatic rings. The zero-order chi connectivity index (χ0) is 23.6. The lowest BCUT2D eigenvalue weighted by Gasteiger charge is -2.31. The van der Waals surface area contributed by atoms with Crippen LogP contribution in [-0.2, 0) is 32.6 Å². The van der Waals surface area contributed by atoms with Crippen molar-refractivity contribution in [1.29, 1.82) is 0 Å². The first-order valence-electron chi connectivity index (χ1n) is 11.2. The normalized spacial score (nSPS) is 17.1. The van der Waals surface area contributed by atoms with E-state index in [9.17, 15) is 18.0 Å². The van der Waals surface area contributed by atoms with Crippen LogP contribution in [0.3, 0.4) is 0 Å². The monoisotopic (exact) mass is 489 g/mol. The van der Waals surface area contributed by atoms with Crippen molar-refractivity contribution in [2.24, 2.45) is 5.92 Å². The molecule has 2 aliphatic heterocycles. The molecule has 2 aromatic carbocycles. The van der Waals surface area contributed by atoms with Gasteiger partial charge in [0.15, 0.2) is 0 Å². The largest absolute Gasteiger partial charge is 0.352 e. The average Bonchev–Trinajstić information content (AvgIpc) is 3.23. The maximum Gasteiger partial charge on any atom is 0.243 e. The summed E-state index contributed by atoms with van der Waals surface area (Å²) in [5, 5.41) is 3.58. The summed E-state index contributed by atoms with van der Waals surface area (Å²) in [6, 6.07) is 12.4. The number of fused-ring (bicyclic) bond motifs is 1. The van der Waals surface area contributed by atoms with E-state index in [0.29, 0.717) is 56.9 Å². The summed E-state index contributed by atoms with van der Waals surface area (Å²) in [7, 11) is -3.60. The van der Waals surface area contributed by atoms with Gasteiger partial charge in [-0.3, -0.25) is 9.59 Å². The highest BCUT2D eigenvalue weighted by molar-refractivity contribution is 7.89. The summed E-state index contributed by atoms with van der Waals surface area (Å²) in [4.78, 5) is 26.0. The second-order valence-corrected chi connectivity index (χ2v) is 11.0. The minimum atomic E-state index is -3.60. The van der Waals surface area contributed by atoms with Crippen molar-refractivity contribution in [1.82, 2.24) is 9.62 Å². The lowest BCUT2D eigenvalue weighted by atomic mass is 9.94. The number of benzene rings is 2. The number of hydrogen-bond acceptors (Lipinski definition) is 4. The van der Waals surface area contributed by atoms with E-state index < -0.39 is 10.0 Å². The Labute approximate surface area is 199 Å². The van der Waals surface area contributed by atoms with Gasteiger partial charge in [0.05, 0.1) is 4.90 Å². The Morgan fingerprint density at radius 1 is 1.06 bits per heavy atom. The summed E-state index contributed by atoms with van der Waals surface area (Å²) in [5.74, 6) is 0.0920. The number of nitrogens with one attached hydrogen (secondary N) is 1. The Hall–Kier alpha value is -2.42. The van der Waals surface area contributed by atoms with Crippen LogP contribution < -0.4 is 10.2 Å². The van der Waals surface area contributed by atoms with Gasteiger partial charge in [-0.25, -0.2) is 8.42 Å². The fraction of sp³-hybridized carbons (Fsp3) is 0.417. The summed E-state index contributed by atoms with van der Waals surface area (Å²) in [5.41, 5.74) is 2.66. The molecular weight excluding hydrogens is 462 g/mol. The number of rotatable bonds is 6. The highest BCUT2D eigenvalue weighted by Crippen LogP contribution is 2.32. The molecule has 1 N–H and O–H groups in total. The van der Waals surface area contributed by atoms with Crippen LogP contribution in [0.2, 0.25) is 5.02 Å². The van der Waals surface area contributed by atoms with E-state index in [2.05, 4.69) is 5.32 Å².